The topological polar surface area (TPSA) is 8.81 Å². The Morgan fingerprint density at radius 2 is 1.50 bits per heavy atom. The molecule has 2 aromatic carbocycles. The van der Waals surface area contributed by atoms with Crippen LogP contribution in [0.4, 0.5) is 0 Å². The standard InChI is InChI=1S/C18H19N2/c1-14-9-7-8-12-17(14)18-19(3)15(2)13-20(18)16-10-5-4-6-11-16/h4-13H,1-3H3/q+1. The Morgan fingerprint density at radius 1 is 0.850 bits per heavy atom. The van der Waals surface area contributed by atoms with Crippen molar-refractivity contribution < 1.29 is 4.57 Å². The van der Waals surface area contributed by atoms with E-state index in [0.29, 0.717) is 0 Å². The summed E-state index contributed by atoms with van der Waals surface area (Å²) in [6.07, 6.45) is 2.19. The van der Waals surface area contributed by atoms with E-state index in [-0.39, 0.29) is 0 Å². The summed E-state index contributed by atoms with van der Waals surface area (Å²) in [6, 6.07) is 19.0. The average Bonchev–Trinajstić information content (AvgIpc) is 2.77. The smallest absolute Gasteiger partial charge is 0.230 e. The molecular weight excluding hydrogens is 244 g/mol. The minimum atomic E-state index is 1.19. The molecule has 2 nitrogen and oxygen atoms in total. The van der Waals surface area contributed by atoms with Crippen LogP contribution in [0.25, 0.3) is 17.1 Å². The largest absolute Gasteiger partial charge is 0.294 e. The highest BCUT2D eigenvalue weighted by Gasteiger charge is 2.22. The lowest BCUT2D eigenvalue weighted by molar-refractivity contribution is -0.583. The first kappa shape index (κ1) is 12.7. The van der Waals surface area contributed by atoms with Crippen LogP contribution in [0.3, 0.4) is 0 Å². The molecule has 3 rings (SSSR count). The third kappa shape index (κ3) is 2.03. The number of benzene rings is 2. The van der Waals surface area contributed by atoms with Gasteiger partial charge in [-0.2, -0.15) is 4.57 Å². The number of rotatable bonds is 2. The Hall–Kier alpha value is -2.35. The zero-order chi connectivity index (χ0) is 14.1. The lowest BCUT2D eigenvalue weighted by atomic mass is 10.1. The zero-order valence-corrected chi connectivity index (χ0v) is 12.2. The fraction of sp³-hybridized carbons (Fsp3) is 0.167. The maximum absolute atomic E-state index is 2.26. The second-order valence-corrected chi connectivity index (χ2v) is 5.17. The number of hydrogen-bond acceptors (Lipinski definition) is 0. The molecule has 0 bridgehead atoms. The summed E-state index contributed by atoms with van der Waals surface area (Å²) in [6.45, 7) is 4.30. The molecule has 0 spiro atoms. The summed E-state index contributed by atoms with van der Waals surface area (Å²) in [5.74, 6) is 1.21. The summed E-state index contributed by atoms with van der Waals surface area (Å²) >= 11 is 0. The lowest BCUT2D eigenvalue weighted by Gasteiger charge is -2.05. The molecule has 0 aliphatic rings. The summed E-state index contributed by atoms with van der Waals surface area (Å²) in [5.41, 5.74) is 4.99. The van der Waals surface area contributed by atoms with Gasteiger partial charge in [0.15, 0.2) is 0 Å². The van der Waals surface area contributed by atoms with E-state index in [0.717, 1.165) is 0 Å². The van der Waals surface area contributed by atoms with Crippen LogP contribution in [0.5, 0.6) is 0 Å². The highest BCUT2D eigenvalue weighted by molar-refractivity contribution is 5.58. The van der Waals surface area contributed by atoms with Crippen LogP contribution in [0.1, 0.15) is 11.3 Å². The predicted molar refractivity (Wildman–Crippen MR) is 81.9 cm³/mol. The molecule has 0 aliphatic carbocycles. The zero-order valence-electron chi connectivity index (χ0n) is 12.2. The van der Waals surface area contributed by atoms with Gasteiger partial charge in [0.05, 0.1) is 12.6 Å². The van der Waals surface area contributed by atoms with Crippen LogP contribution in [-0.2, 0) is 7.05 Å². The van der Waals surface area contributed by atoms with Crippen LogP contribution >= 0.6 is 0 Å². The van der Waals surface area contributed by atoms with Gasteiger partial charge in [0, 0.05) is 6.92 Å². The van der Waals surface area contributed by atoms with Gasteiger partial charge in [0.25, 0.3) is 5.82 Å². The van der Waals surface area contributed by atoms with Crippen LogP contribution in [-0.4, -0.2) is 4.57 Å². The molecule has 0 saturated heterocycles. The molecule has 0 N–H and O–H groups in total. The van der Waals surface area contributed by atoms with Crippen LogP contribution in [0, 0.1) is 13.8 Å². The van der Waals surface area contributed by atoms with Gasteiger partial charge >= 0.3 is 0 Å². The second kappa shape index (κ2) is 4.97. The van der Waals surface area contributed by atoms with E-state index in [1.165, 1.54) is 28.3 Å². The Morgan fingerprint density at radius 3 is 2.20 bits per heavy atom. The first-order valence-corrected chi connectivity index (χ1v) is 6.88. The first-order chi connectivity index (χ1) is 9.68. The van der Waals surface area contributed by atoms with Crippen LogP contribution in [0.2, 0.25) is 0 Å². The first-order valence-electron chi connectivity index (χ1n) is 6.88. The van der Waals surface area contributed by atoms with Gasteiger partial charge in [0.2, 0.25) is 0 Å². The van der Waals surface area contributed by atoms with Gasteiger partial charge in [-0.3, -0.25) is 0 Å². The molecule has 3 aromatic rings. The van der Waals surface area contributed by atoms with Crippen molar-refractivity contribution >= 4 is 0 Å². The molecule has 2 heteroatoms. The lowest BCUT2D eigenvalue weighted by Crippen LogP contribution is -2.31. The summed E-state index contributed by atoms with van der Waals surface area (Å²) < 4.78 is 4.51. The molecule has 0 amide bonds. The van der Waals surface area contributed by atoms with Gasteiger partial charge in [-0.25, -0.2) is 4.57 Å². The van der Waals surface area contributed by atoms with Crippen molar-refractivity contribution in [1.29, 1.82) is 0 Å². The highest BCUT2D eigenvalue weighted by Crippen LogP contribution is 2.22. The van der Waals surface area contributed by atoms with E-state index < -0.39 is 0 Å². The molecule has 0 atom stereocenters. The van der Waals surface area contributed by atoms with E-state index in [9.17, 15) is 0 Å². The van der Waals surface area contributed by atoms with Gasteiger partial charge in [-0.1, -0.05) is 36.4 Å². The molecule has 1 heterocycles. The Labute approximate surface area is 119 Å². The Bertz CT molecular complexity index is 739. The summed E-state index contributed by atoms with van der Waals surface area (Å²) in [4.78, 5) is 0. The quantitative estimate of drug-likeness (QED) is 0.625. The molecule has 1 aromatic heterocycles. The fourth-order valence-corrected chi connectivity index (χ4v) is 2.58. The van der Waals surface area contributed by atoms with E-state index in [4.69, 9.17) is 0 Å². The van der Waals surface area contributed by atoms with E-state index >= 15 is 0 Å². The Kier molecular flexibility index (Phi) is 3.15. The number of aryl methyl sites for hydroxylation is 2. The fourth-order valence-electron chi connectivity index (χ4n) is 2.58. The van der Waals surface area contributed by atoms with Gasteiger partial charge in [-0.15, -0.1) is 0 Å². The number of nitrogens with zero attached hydrogens (tertiary/aromatic N) is 2. The van der Waals surface area contributed by atoms with Crippen molar-refractivity contribution in [3.8, 4) is 17.1 Å². The van der Waals surface area contributed by atoms with Crippen LogP contribution in [0.15, 0.2) is 60.8 Å². The third-order valence-corrected chi connectivity index (χ3v) is 3.81. The van der Waals surface area contributed by atoms with E-state index in [1.807, 2.05) is 6.07 Å². The number of imidazole rings is 1. The van der Waals surface area contributed by atoms with Crippen molar-refractivity contribution in [2.45, 2.75) is 13.8 Å². The highest BCUT2D eigenvalue weighted by atomic mass is 15.2. The van der Waals surface area contributed by atoms with Gasteiger partial charge in [0.1, 0.15) is 17.6 Å². The maximum Gasteiger partial charge on any atom is 0.294 e. The minimum absolute atomic E-state index is 1.19. The SMILES string of the molecule is Cc1ccccc1-c1n(C)c(C)c[n+]1-c1ccccc1. The predicted octanol–water partition coefficient (Wildman–Crippen LogP) is 3.59. The monoisotopic (exact) mass is 263 g/mol. The van der Waals surface area contributed by atoms with Crippen molar-refractivity contribution in [3.63, 3.8) is 0 Å². The van der Waals surface area contributed by atoms with E-state index in [2.05, 4.69) is 84.8 Å². The number of para-hydroxylation sites is 1. The van der Waals surface area contributed by atoms with Crippen molar-refractivity contribution in [2.24, 2.45) is 7.05 Å². The van der Waals surface area contributed by atoms with E-state index in [1.54, 1.807) is 0 Å². The normalized spacial score (nSPS) is 10.8. The number of aromatic nitrogens is 2. The molecule has 0 radical (unpaired) electrons. The molecule has 0 unspecified atom stereocenters. The maximum atomic E-state index is 2.26. The minimum Gasteiger partial charge on any atom is -0.230 e. The Balaban J connectivity index is 2.29. The summed E-state index contributed by atoms with van der Waals surface area (Å²) in [7, 11) is 2.12. The third-order valence-electron chi connectivity index (χ3n) is 3.81. The summed E-state index contributed by atoms with van der Waals surface area (Å²) in [5, 5.41) is 0. The number of hydrogen-bond donors (Lipinski definition) is 0. The molecule has 0 fully saturated rings. The molecular formula is C18H19N2+. The van der Waals surface area contributed by atoms with Gasteiger partial charge in [-0.05, 0) is 30.7 Å². The van der Waals surface area contributed by atoms with Crippen molar-refractivity contribution in [3.05, 3.63) is 72.1 Å². The van der Waals surface area contributed by atoms with Gasteiger partial charge < -0.3 is 0 Å². The average molecular weight is 263 g/mol. The van der Waals surface area contributed by atoms with Crippen molar-refractivity contribution in [2.75, 3.05) is 0 Å². The van der Waals surface area contributed by atoms with Crippen LogP contribution < -0.4 is 4.57 Å². The molecule has 100 valence electrons. The van der Waals surface area contributed by atoms with Crippen molar-refractivity contribution in [1.82, 2.24) is 4.57 Å². The molecule has 0 aliphatic heterocycles. The molecule has 20 heavy (non-hydrogen) atoms. The molecule has 0 saturated carbocycles. The second-order valence-electron chi connectivity index (χ2n) is 5.17.